The molecule has 0 atom stereocenters. The molecule has 5 nitrogen and oxygen atoms in total. The maximum absolute atomic E-state index is 12.0. The molecule has 2 aromatic carbocycles. The molecule has 0 aliphatic carbocycles. The van der Waals surface area contributed by atoms with Crippen LogP contribution in [0, 0.1) is 6.92 Å². The van der Waals surface area contributed by atoms with Crippen LogP contribution in [0.15, 0.2) is 47.5 Å². The first-order valence-electron chi connectivity index (χ1n) is 8.98. The molecule has 0 saturated carbocycles. The first kappa shape index (κ1) is 19.0. The SMILES string of the molecule is COC(=O)Cc1c(OCc2ccccc2)cc(C)cc1C1=NC(C)(C)CO1. The number of aryl methyl sites for hydroxylation is 1. The van der Waals surface area contributed by atoms with Gasteiger partial charge in [-0.2, -0.15) is 0 Å². The molecule has 0 aromatic heterocycles. The molecule has 0 unspecified atom stereocenters. The summed E-state index contributed by atoms with van der Waals surface area (Å²) >= 11 is 0. The molecule has 2 aromatic rings. The Hall–Kier alpha value is -2.82. The van der Waals surface area contributed by atoms with Gasteiger partial charge in [-0.25, -0.2) is 4.99 Å². The van der Waals surface area contributed by atoms with E-state index in [0.29, 0.717) is 24.9 Å². The molecule has 3 rings (SSSR count). The number of nitrogens with zero attached hydrogens (tertiary/aromatic N) is 1. The van der Waals surface area contributed by atoms with Crippen LogP contribution >= 0.6 is 0 Å². The average molecular weight is 367 g/mol. The summed E-state index contributed by atoms with van der Waals surface area (Å²) in [5.74, 6) is 0.866. The number of carbonyl (C=O) groups is 1. The van der Waals surface area contributed by atoms with Crippen molar-refractivity contribution in [3.8, 4) is 5.75 Å². The van der Waals surface area contributed by atoms with Crippen molar-refractivity contribution in [2.45, 2.75) is 39.3 Å². The van der Waals surface area contributed by atoms with Crippen LogP contribution in [0.2, 0.25) is 0 Å². The van der Waals surface area contributed by atoms with Gasteiger partial charge in [0, 0.05) is 11.1 Å². The number of ether oxygens (including phenoxy) is 3. The number of aliphatic imine (C=N–C) groups is 1. The molecule has 1 heterocycles. The highest BCUT2D eigenvalue weighted by molar-refractivity contribution is 5.98. The van der Waals surface area contributed by atoms with E-state index in [9.17, 15) is 4.79 Å². The van der Waals surface area contributed by atoms with Crippen molar-refractivity contribution < 1.29 is 19.0 Å². The number of hydrogen-bond acceptors (Lipinski definition) is 5. The third-order valence-corrected chi connectivity index (χ3v) is 4.34. The number of carbonyl (C=O) groups excluding carboxylic acids is 1. The molecular weight excluding hydrogens is 342 g/mol. The summed E-state index contributed by atoms with van der Waals surface area (Å²) in [4.78, 5) is 16.7. The van der Waals surface area contributed by atoms with Gasteiger partial charge in [0.05, 0.1) is 19.1 Å². The predicted octanol–water partition coefficient (Wildman–Crippen LogP) is 3.84. The summed E-state index contributed by atoms with van der Waals surface area (Å²) in [6.07, 6.45) is 0.0963. The lowest BCUT2D eigenvalue weighted by atomic mass is 10.00. The Morgan fingerprint density at radius 3 is 2.59 bits per heavy atom. The molecule has 27 heavy (non-hydrogen) atoms. The quantitative estimate of drug-likeness (QED) is 0.728. The fourth-order valence-electron chi connectivity index (χ4n) is 2.96. The van der Waals surface area contributed by atoms with Crippen molar-refractivity contribution in [1.82, 2.24) is 0 Å². The number of esters is 1. The highest BCUT2D eigenvalue weighted by Crippen LogP contribution is 2.30. The Kier molecular flexibility index (Phi) is 5.49. The van der Waals surface area contributed by atoms with Crippen LogP contribution in [0.3, 0.4) is 0 Å². The van der Waals surface area contributed by atoms with E-state index < -0.39 is 0 Å². The highest BCUT2D eigenvalue weighted by atomic mass is 16.5. The van der Waals surface area contributed by atoms with Crippen LogP contribution in [0.1, 0.15) is 36.1 Å². The van der Waals surface area contributed by atoms with Gasteiger partial charge in [-0.3, -0.25) is 4.79 Å². The average Bonchev–Trinajstić information content (AvgIpc) is 3.01. The minimum atomic E-state index is -0.331. The third-order valence-electron chi connectivity index (χ3n) is 4.34. The highest BCUT2D eigenvalue weighted by Gasteiger charge is 2.30. The number of benzene rings is 2. The normalized spacial score (nSPS) is 15.0. The molecule has 0 spiro atoms. The molecule has 1 aliphatic rings. The van der Waals surface area contributed by atoms with Crippen molar-refractivity contribution in [3.05, 3.63) is 64.7 Å². The van der Waals surface area contributed by atoms with E-state index in [1.807, 2.05) is 63.2 Å². The van der Waals surface area contributed by atoms with Gasteiger partial charge in [0.15, 0.2) is 0 Å². The topological polar surface area (TPSA) is 57.1 Å². The lowest BCUT2D eigenvalue weighted by Gasteiger charge is -2.16. The summed E-state index contributed by atoms with van der Waals surface area (Å²) < 4.78 is 16.8. The van der Waals surface area contributed by atoms with Crippen LogP contribution in [-0.4, -0.2) is 31.1 Å². The van der Waals surface area contributed by atoms with Crippen LogP contribution < -0.4 is 4.74 Å². The summed E-state index contributed by atoms with van der Waals surface area (Å²) in [5, 5.41) is 0. The van der Waals surface area contributed by atoms with Gasteiger partial charge in [0.1, 0.15) is 19.0 Å². The van der Waals surface area contributed by atoms with Gasteiger partial charge < -0.3 is 14.2 Å². The summed E-state index contributed by atoms with van der Waals surface area (Å²) in [5.41, 5.74) is 3.30. The first-order valence-corrected chi connectivity index (χ1v) is 8.98. The second kappa shape index (κ2) is 7.82. The zero-order valence-corrected chi connectivity index (χ0v) is 16.2. The van der Waals surface area contributed by atoms with Crippen molar-refractivity contribution in [2.75, 3.05) is 13.7 Å². The molecule has 0 bridgehead atoms. The van der Waals surface area contributed by atoms with Crippen LogP contribution in [0.25, 0.3) is 0 Å². The van der Waals surface area contributed by atoms with Gasteiger partial charge in [0.2, 0.25) is 5.90 Å². The molecule has 142 valence electrons. The molecule has 0 fully saturated rings. The maximum Gasteiger partial charge on any atom is 0.310 e. The Morgan fingerprint density at radius 2 is 1.96 bits per heavy atom. The predicted molar refractivity (Wildman–Crippen MR) is 104 cm³/mol. The lowest BCUT2D eigenvalue weighted by molar-refractivity contribution is -0.139. The summed E-state index contributed by atoms with van der Waals surface area (Å²) in [6.45, 7) is 6.94. The minimum absolute atomic E-state index is 0.0963. The zero-order chi connectivity index (χ0) is 19.4. The molecule has 0 N–H and O–H groups in total. The van der Waals surface area contributed by atoms with E-state index >= 15 is 0 Å². The molecule has 0 radical (unpaired) electrons. The zero-order valence-electron chi connectivity index (χ0n) is 16.2. The minimum Gasteiger partial charge on any atom is -0.489 e. The molecular formula is C22H25NO4. The number of rotatable bonds is 6. The summed E-state index contributed by atoms with van der Waals surface area (Å²) in [6, 6.07) is 13.8. The fraction of sp³-hybridized carbons (Fsp3) is 0.364. The van der Waals surface area contributed by atoms with Gasteiger partial charge in [0.25, 0.3) is 0 Å². The Labute approximate surface area is 160 Å². The first-order chi connectivity index (χ1) is 12.9. The maximum atomic E-state index is 12.0. The van der Waals surface area contributed by atoms with E-state index in [1.54, 1.807) is 0 Å². The third kappa shape index (κ3) is 4.67. The smallest absolute Gasteiger partial charge is 0.310 e. The molecule has 0 amide bonds. The van der Waals surface area contributed by atoms with E-state index in [2.05, 4.69) is 4.99 Å². The van der Waals surface area contributed by atoms with Gasteiger partial charge in [-0.05, 0) is 44.0 Å². The van der Waals surface area contributed by atoms with Crippen molar-refractivity contribution in [3.63, 3.8) is 0 Å². The van der Waals surface area contributed by atoms with E-state index in [0.717, 1.165) is 22.3 Å². The van der Waals surface area contributed by atoms with E-state index in [-0.39, 0.29) is 17.9 Å². The van der Waals surface area contributed by atoms with E-state index in [1.165, 1.54) is 7.11 Å². The molecule has 0 saturated heterocycles. The van der Waals surface area contributed by atoms with Gasteiger partial charge in [-0.15, -0.1) is 0 Å². The van der Waals surface area contributed by atoms with Crippen molar-refractivity contribution in [1.29, 1.82) is 0 Å². The molecule has 1 aliphatic heterocycles. The second-order valence-electron chi connectivity index (χ2n) is 7.33. The van der Waals surface area contributed by atoms with Gasteiger partial charge >= 0.3 is 5.97 Å². The van der Waals surface area contributed by atoms with Crippen molar-refractivity contribution >= 4 is 11.9 Å². The monoisotopic (exact) mass is 367 g/mol. The largest absolute Gasteiger partial charge is 0.489 e. The Bertz CT molecular complexity index is 856. The Balaban J connectivity index is 1.99. The van der Waals surface area contributed by atoms with E-state index in [4.69, 9.17) is 14.2 Å². The summed E-state index contributed by atoms with van der Waals surface area (Å²) in [7, 11) is 1.38. The second-order valence-corrected chi connectivity index (χ2v) is 7.33. The Morgan fingerprint density at radius 1 is 1.22 bits per heavy atom. The van der Waals surface area contributed by atoms with Crippen LogP contribution in [0.5, 0.6) is 5.75 Å². The van der Waals surface area contributed by atoms with Crippen LogP contribution in [-0.2, 0) is 27.3 Å². The standard InChI is InChI=1S/C22H25NO4/c1-15-10-18(21-23-22(2,3)14-27-21)17(12-20(24)25-4)19(11-15)26-13-16-8-6-5-7-9-16/h5-11H,12-14H2,1-4H3. The number of methoxy groups -OCH3 is 1. The molecule has 5 heteroatoms. The van der Waals surface area contributed by atoms with Gasteiger partial charge in [-0.1, -0.05) is 30.3 Å². The number of hydrogen-bond donors (Lipinski definition) is 0. The van der Waals surface area contributed by atoms with Crippen LogP contribution in [0.4, 0.5) is 0 Å². The lowest BCUT2D eigenvalue weighted by Crippen LogP contribution is -2.17. The fourth-order valence-corrected chi connectivity index (χ4v) is 2.96. The van der Waals surface area contributed by atoms with Crippen molar-refractivity contribution in [2.24, 2.45) is 4.99 Å².